The van der Waals surface area contributed by atoms with Crippen molar-refractivity contribution in [1.29, 1.82) is 0 Å². The summed E-state index contributed by atoms with van der Waals surface area (Å²) >= 11 is 0. The van der Waals surface area contributed by atoms with Crippen LogP contribution in [0.1, 0.15) is 54.3 Å². The Labute approximate surface area is 144 Å². The molecule has 0 amide bonds. The summed E-state index contributed by atoms with van der Waals surface area (Å²) in [4.78, 5) is 24.1. The number of aliphatic hydroxyl groups is 1. The van der Waals surface area contributed by atoms with Gasteiger partial charge in [-0.2, -0.15) is 0 Å². The summed E-state index contributed by atoms with van der Waals surface area (Å²) in [5.41, 5.74) is 2.20. The minimum absolute atomic E-state index is 0.0395. The molecule has 130 valence electrons. The Morgan fingerprint density at radius 2 is 1.92 bits per heavy atom. The molecule has 25 heavy (non-hydrogen) atoms. The van der Waals surface area contributed by atoms with Crippen LogP contribution >= 0.6 is 0 Å². The Hall–Kier alpha value is -2.66. The molecule has 1 atom stereocenters. The van der Waals surface area contributed by atoms with Gasteiger partial charge >= 0.3 is 5.97 Å². The second-order valence-electron chi connectivity index (χ2n) is 6.18. The number of hydrogen-bond donors (Lipinski definition) is 2. The third kappa shape index (κ3) is 3.03. The Balaban J connectivity index is 2.39. The topological polar surface area (TPSA) is 87.7 Å². The van der Waals surface area contributed by atoms with Gasteiger partial charge in [-0.15, -0.1) is 0 Å². The molecule has 0 aliphatic rings. The van der Waals surface area contributed by atoms with Gasteiger partial charge in [0, 0.05) is 0 Å². The Morgan fingerprint density at radius 3 is 2.56 bits per heavy atom. The van der Waals surface area contributed by atoms with Crippen LogP contribution in [0.4, 0.5) is 0 Å². The highest BCUT2D eigenvalue weighted by atomic mass is 16.4. The van der Waals surface area contributed by atoms with Gasteiger partial charge in [0.15, 0.2) is 0 Å². The van der Waals surface area contributed by atoms with E-state index in [2.05, 4.69) is 0 Å². The quantitative estimate of drug-likeness (QED) is 0.684. The molecule has 5 heteroatoms. The third-order valence-corrected chi connectivity index (χ3v) is 4.41. The number of fused-ring (bicyclic) bond motifs is 2. The van der Waals surface area contributed by atoms with Crippen LogP contribution in [-0.2, 0) is 6.42 Å². The minimum atomic E-state index is -1.09. The molecule has 0 fully saturated rings. The molecule has 0 saturated heterocycles. The highest BCUT2D eigenvalue weighted by molar-refractivity contribution is 5.96. The maximum Gasteiger partial charge on any atom is 0.335 e. The van der Waals surface area contributed by atoms with Crippen molar-refractivity contribution in [3.63, 3.8) is 0 Å². The molecule has 3 aromatic rings. The average Bonchev–Trinajstić information content (AvgIpc) is 2.61. The van der Waals surface area contributed by atoms with Gasteiger partial charge in [-0.3, -0.25) is 4.79 Å². The third-order valence-electron chi connectivity index (χ3n) is 4.41. The first-order chi connectivity index (χ1) is 12.0. The van der Waals surface area contributed by atoms with Gasteiger partial charge in [-0.25, -0.2) is 4.79 Å². The standard InChI is InChI=1S/C20H20O5/c1-3-5-11-8-13(16(21)4-2)10-15-18(22)14-9-12(20(23)24)6-7-17(14)25-19(11)15/h6-10,16,21H,3-5H2,1-2H3,(H,23,24). The maximum atomic E-state index is 12.9. The highest BCUT2D eigenvalue weighted by Crippen LogP contribution is 2.28. The van der Waals surface area contributed by atoms with Crippen LogP contribution in [0.2, 0.25) is 0 Å². The fraction of sp³-hybridized carbons (Fsp3) is 0.300. The maximum absolute atomic E-state index is 12.9. The monoisotopic (exact) mass is 340 g/mol. The number of hydrogen-bond acceptors (Lipinski definition) is 4. The van der Waals surface area contributed by atoms with Crippen molar-refractivity contribution < 1.29 is 19.4 Å². The minimum Gasteiger partial charge on any atom is -0.478 e. The van der Waals surface area contributed by atoms with Crippen LogP contribution in [0.3, 0.4) is 0 Å². The summed E-state index contributed by atoms with van der Waals surface area (Å²) in [6.07, 6.45) is 1.49. The second-order valence-corrected chi connectivity index (χ2v) is 6.18. The van der Waals surface area contributed by atoms with Crippen molar-refractivity contribution >= 4 is 27.9 Å². The fourth-order valence-corrected chi connectivity index (χ4v) is 3.07. The van der Waals surface area contributed by atoms with Crippen LogP contribution < -0.4 is 5.43 Å². The van der Waals surface area contributed by atoms with E-state index in [1.165, 1.54) is 18.2 Å². The van der Waals surface area contributed by atoms with Crippen LogP contribution in [0.25, 0.3) is 21.9 Å². The Morgan fingerprint density at radius 1 is 1.16 bits per heavy atom. The van der Waals surface area contributed by atoms with E-state index in [0.29, 0.717) is 28.5 Å². The highest BCUT2D eigenvalue weighted by Gasteiger charge is 2.16. The largest absolute Gasteiger partial charge is 0.478 e. The second kappa shape index (κ2) is 6.69. The SMILES string of the molecule is CCCc1cc(C(O)CC)cc2c(=O)c3cc(C(=O)O)ccc3oc12. The number of aliphatic hydroxyl groups excluding tert-OH is 1. The Kier molecular flexibility index (Phi) is 4.59. The van der Waals surface area contributed by atoms with Crippen molar-refractivity contribution in [3.8, 4) is 0 Å². The van der Waals surface area contributed by atoms with Crippen molar-refractivity contribution in [2.75, 3.05) is 0 Å². The first-order valence-corrected chi connectivity index (χ1v) is 8.41. The molecule has 1 unspecified atom stereocenters. The van der Waals surface area contributed by atoms with Crippen LogP contribution in [0, 0.1) is 0 Å². The van der Waals surface area contributed by atoms with Crippen molar-refractivity contribution in [2.24, 2.45) is 0 Å². The first-order valence-electron chi connectivity index (χ1n) is 8.41. The van der Waals surface area contributed by atoms with E-state index in [9.17, 15) is 14.7 Å². The van der Waals surface area contributed by atoms with E-state index < -0.39 is 12.1 Å². The lowest BCUT2D eigenvalue weighted by molar-refractivity contribution is 0.0697. The first kappa shape index (κ1) is 17.2. The van der Waals surface area contributed by atoms with Crippen LogP contribution in [0.15, 0.2) is 39.5 Å². The van der Waals surface area contributed by atoms with Gasteiger partial charge < -0.3 is 14.6 Å². The van der Waals surface area contributed by atoms with E-state index >= 15 is 0 Å². The molecule has 0 radical (unpaired) electrons. The molecule has 0 spiro atoms. The lowest BCUT2D eigenvalue weighted by Crippen LogP contribution is -2.07. The fourth-order valence-electron chi connectivity index (χ4n) is 3.07. The summed E-state index contributed by atoms with van der Waals surface area (Å²) in [7, 11) is 0. The molecule has 0 bridgehead atoms. The zero-order valence-electron chi connectivity index (χ0n) is 14.2. The lowest BCUT2D eigenvalue weighted by atomic mass is 9.97. The smallest absolute Gasteiger partial charge is 0.335 e. The summed E-state index contributed by atoms with van der Waals surface area (Å²) in [6.45, 7) is 3.91. The molecule has 0 aliphatic heterocycles. The number of aromatic carboxylic acids is 1. The van der Waals surface area contributed by atoms with Crippen LogP contribution in [-0.4, -0.2) is 16.2 Å². The van der Waals surface area contributed by atoms with Crippen molar-refractivity contribution in [3.05, 3.63) is 57.2 Å². The van der Waals surface area contributed by atoms with Gasteiger partial charge in [-0.05, 0) is 54.3 Å². The molecule has 2 aromatic carbocycles. The predicted octanol–water partition coefficient (Wildman–Crippen LogP) is 4.04. The normalized spacial score (nSPS) is 12.6. The number of rotatable bonds is 5. The molecule has 2 N–H and O–H groups in total. The lowest BCUT2D eigenvalue weighted by Gasteiger charge is -2.13. The van der Waals surface area contributed by atoms with Gasteiger partial charge in [0.1, 0.15) is 11.2 Å². The van der Waals surface area contributed by atoms with Gasteiger partial charge in [0.2, 0.25) is 5.43 Å². The molecule has 1 aromatic heterocycles. The molecule has 3 rings (SSSR count). The number of benzene rings is 2. The zero-order valence-corrected chi connectivity index (χ0v) is 14.2. The average molecular weight is 340 g/mol. The number of aryl methyl sites for hydroxylation is 1. The number of carbonyl (C=O) groups is 1. The zero-order chi connectivity index (χ0) is 18.1. The molecule has 5 nitrogen and oxygen atoms in total. The summed E-state index contributed by atoms with van der Waals surface area (Å²) in [6, 6.07) is 7.82. The van der Waals surface area contributed by atoms with Crippen molar-refractivity contribution in [2.45, 2.75) is 39.2 Å². The summed E-state index contributed by atoms with van der Waals surface area (Å²) in [5, 5.41) is 20.0. The molecule has 0 aliphatic carbocycles. The van der Waals surface area contributed by atoms with E-state index in [0.717, 1.165) is 18.4 Å². The Bertz CT molecular complexity index is 1020. The molecule has 0 saturated carbocycles. The van der Waals surface area contributed by atoms with Gasteiger partial charge in [-0.1, -0.05) is 20.3 Å². The molecule has 1 heterocycles. The number of carboxylic acids is 1. The summed E-state index contributed by atoms with van der Waals surface area (Å²) in [5.74, 6) is -1.09. The summed E-state index contributed by atoms with van der Waals surface area (Å²) < 4.78 is 5.94. The molecular weight excluding hydrogens is 320 g/mol. The van der Waals surface area contributed by atoms with E-state index in [1.807, 2.05) is 19.9 Å². The molecular formula is C20H20O5. The van der Waals surface area contributed by atoms with Gasteiger partial charge in [0.05, 0.1) is 22.4 Å². The number of carboxylic acid groups (broad SMARTS) is 1. The predicted molar refractivity (Wildman–Crippen MR) is 96.2 cm³/mol. The van der Waals surface area contributed by atoms with Crippen LogP contribution in [0.5, 0.6) is 0 Å². The van der Waals surface area contributed by atoms with E-state index in [1.54, 1.807) is 6.07 Å². The van der Waals surface area contributed by atoms with Crippen molar-refractivity contribution in [1.82, 2.24) is 0 Å². The van der Waals surface area contributed by atoms with E-state index in [4.69, 9.17) is 9.52 Å². The van der Waals surface area contributed by atoms with E-state index in [-0.39, 0.29) is 16.4 Å². The van der Waals surface area contributed by atoms with Gasteiger partial charge in [0.25, 0.3) is 0 Å².